The molecule has 5 rings (SSSR count). The van der Waals surface area contributed by atoms with Gasteiger partial charge < -0.3 is 19.3 Å². The number of carbonyl (C=O) groups is 3. The Morgan fingerprint density at radius 1 is 1.08 bits per heavy atom. The Morgan fingerprint density at radius 3 is 2.37 bits per heavy atom. The number of fused-ring (bicyclic) bond motifs is 2. The van der Waals surface area contributed by atoms with Gasteiger partial charge in [0.1, 0.15) is 24.5 Å². The fourth-order valence-corrected chi connectivity index (χ4v) is 6.84. The lowest BCUT2D eigenvalue weighted by Gasteiger charge is -2.33. The van der Waals surface area contributed by atoms with Gasteiger partial charge in [-0.25, -0.2) is 19.4 Å². The monoisotopic (exact) mass is 709 g/mol. The molecule has 2 aliphatic rings. The van der Waals surface area contributed by atoms with Crippen molar-refractivity contribution in [3.8, 4) is 5.82 Å². The quantitative estimate of drug-likeness (QED) is 0.167. The lowest BCUT2D eigenvalue weighted by atomic mass is 9.96. The maximum absolute atomic E-state index is 14.3. The fraction of sp³-hybridized carbons (Fsp3) is 0.543. The van der Waals surface area contributed by atoms with Gasteiger partial charge in [0.15, 0.2) is 5.82 Å². The zero-order valence-corrected chi connectivity index (χ0v) is 31.7. The van der Waals surface area contributed by atoms with Crippen LogP contribution in [0.5, 0.6) is 0 Å². The van der Waals surface area contributed by atoms with Crippen molar-refractivity contribution in [2.75, 3.05) is 24.8 Å². The van der Waals surface area contributed by atoms with E-state index in [1.807, 2.05) is 59.9 Å². The maximum Gasteiger partial charge on any atom is 0.410 e. The van der Waals surface area contributed by atoms with Crippen LogP contribution in [-0.2, 0) is 32.2 Å². The Hall–Kier alpha value is -3.81. The lowest BCUT2D eigenvalue weighted by molar-refractivity contribution is -0.134. The number of carbonyl (C=O) groups excluding carboxylic acids is 3. The van der Waals surface area contributed by atoms with Crippen LogP contribution in [0.2, 0.25) is 30.7 Å². The van der Waals surface area contributed by atoms with Crippen molar-refractivity contribution >= 4 is 43.4 Å². The zero-order valence-electron chi connectivity index (χ0n) is 30.0. The van der Waals surface area contributed by atoms with E-state index in [4.69, 9.17) is 26.2 Å². The van der Waals surface area contributed by atoms with Gasteiger partial charge in [0.25, 0.3) is 0 Å². The normalized spacial score (nSPS) is 16.6. The number of hydrogen-bond acceptors (Lipinski definition) is 8. The molecule has 0 spiro atoms. The van der Waals surface area contributed by atoms with Gasteiger partial charge in [-0.1, -0.05) is 43.4 Å². The Bertz CT molecular complexity index is 1680. The molecule has 3 aromatic rings. The average Bonchev–Trinajstić information content (AvgIpc) is 3.66. The van der Waals surface area contributed by atoms with Crippen LogP contribution in [0.1, 0.15) is 75.8 Å². The van der Waals surface area contributed by atoms with Crippen LogP contribution in [-0.4, -0.2) is 87.1 Å². The molecule has 0 bridgehead atoms. The second-order valence-electron chi connectivity index (χ2n) is 15.3. The highest BCUT2D eigenvalue weighted by Gasteiger charge is 2.40. The summed E-state index contributed by atoms with van der Waals surface area (Å²) < 4.78 is 13.3. The Kier molecular flexibility index (Phi) is 10.6. The van der Waals surface area contributed by atoms with E-state index in [-0.39, 0.29) is 37.7 Å². The molecule has 3 amide bonds. The third-order valence-electron chi connectivity index (χ3n) is 8.69. The van der Waals surface area contributed by atoms with Crippen LogP contribution in [0.3, 0.4) is 0 Å². The minimum absolute atomic E-state index is 0.0868. The number of amides is 3. The van der Waals surface area contributed by atoms with E-state index in [1.54, 1.807) is 31.5 Å². The summed E-state index contributed by atoms with van der Waals surface area (Å²) in [6, 6.07) is 7.96. The van der Waals surface area contributed by atoms with E-state index in [0.717, 1.165) is 22.9 Å². The van der Waals surface area contributed by atoms with E-state index < -0.39 is 31.6 Å². The molecule has 2 aromatic heterocycles. The summed E-state index contributed by atoms with van der Waals surface area (Å²) in [6.07, 6.45) is 2.84. The number of ether oxygens (including phenoxy) is 2. The largest absolute Gasteiger partial charge is 0.444 e. The Morgan fingerprint density at radius 2 is 1.76 bits per heavy atom. The van der Waals surface area contributed by atoms with Crippen LogP contribution in [0, 0.1) is 0 Å². The third kappa shape index (κ3) is 8.33. The molecule has 0 N–H and O–H groups in total. The summed E-state index contributed by atoms with van der Waals surface area (Å²) in [4.78, 5) is 54.7. The van der Waals surface area contributed by atoms with Crippen LogP contribution in [0.25, 0.3) is 5.82 Å². The number of halogens is 1. The molecule has 0 fully saturated rings. The van der Waals surface area contributed by atoms with Gasteiger partial charge in [-0.05, 0) is 65.3 Å². The highest BCUT2D eigenvalue weighted by Crippen LogP contribution is 2.39. The van der Waals surface area contributed by atoms with Gasteiger partial charge >= 0.3 is 6.09 Å². The second kappa shape index (κ2) is 14.2. The Labute approximate surface area is 294 Å². The summed E-state index contributed by atoms with van der Waals surface area (Å²) >= 11 is 6.19. The highest BCUT2D eigenvalue weighted by atomic mass is 35.5. The number of benzene rings is 1. The molecule has 0 saturated carbocycles. The van der Waals surface area contributed by atoms with Crippen molar-refractivity contribution in [3.63, 3.8) is 0 Å². The second-order valence-corrected chi connectivity index (χ2v) is 21.4. The molecule has 1 aromatic carbocycles. The van der Waals surface area contributed by atoms with Crippen molar-refractivity contribution in [1.82, 2.24) is 29.5 Å². The van der Waals surface area contributed by atoms with E-state index >= 15 is 0 Å². The number of anilines is 1. The molecule has 2 atom stereocenters. The first-order chi connectivity index (χ1) is 22.9. The van der Waals surface area contributed by atoms with Crippen molar-refractivity contribution < 1.29 is 23.9 Å². The molecule has 12 nitrogen and oxygen atoms in total. The molecule has 0 aliphatic carbocycles. The van der Waals surface area contributed by atoms with Crippen molar-refractivity contribution in [3.05, 3.63) is 64.2 Å². The predicted molar refractivity (Wildman–Crippen MR) is 191 cm³/mol. The molecule has 49 heavy (non-hydrogen) atoms. The third-order valence-corrected chi connectivity index (χ3v) is 10.6. The van der Waals surface area contributed by atoms with Crippen LogP contribution in [0.4, 0.5) is 10.6 Å². The van der Waals surface area contributed by atoms with E-state index in [0.29, 0.717) is 35.4 Å². The zero-order chi connectivity index (χ0) is 35.8. The maximum atomic E-state index is 14.3. The number of nitrogens with zero attached hydrogens (tertiary/aromatic N) is 7. The molecule has 1 unspecified atom stereocenters. The van der Waals surface area contributed by atoms with Crippen molar-refractivity contribution in [1.29, 1.82) is 0 Å². The van der Waals surface area contributed by atoms with E-state index in [2.05, 4.69) is 29.6 Å². The van der Waals surface area contributed by atoms with Crippen LogP contribution >= 0.6 is 11.6 Å². The van der Waals surface area contributed by atoms with Gasteiger partial charge in [-0.2, -0.15) is 5.10 Å². The fourth-order valence-electron chi connectivity index (χ4n) is 5.95. The molecule has 14 heteroatoms. The van der Waals surface area contributed by atoms with Crippen LogP contribution in [0.15, 0.2) is 36.8 Å². The summed E-state index contributed by atoms with van der Waals surface area (Å²) in [5.41, 5.74) is 2.40. The van der Waals surface area contributed by atoms with E-state index in [9.17, 15) is 14.4 Å². The van der Waals surface area contributed by atoms with Gasteiger partial charge in [0.2, 0.25) is 11.8 Å². The summed E-state index contributed by atoms with van der Waals surface area (Å²) in [5.74, 6) is -0.262. The first-order valence-corrected chi connectivity index (χ1v) is 20.9. The van der Waals surface area contributed by atoms with E-state index in [1.165, 1.54) is 6.33 Å². The molecule has 264 valence electrons. The first-order valence-electron chi connectivity index (χ1n) is 16.8. The number of rotatable bonds is 11. The predicted octanol–water partition coefficient (Wildman–Crippen LogP) is 6.35. The molecule has 2 aliphatic heterocycles. The topological polar surface area (TPSA) is 123 Å². The van der Waals surface area contributed by atoms with Gasteiger partial charge in [0.05, 0.1) is 29.6 Å². The summed E-state index contributed by atoms with van der Waals surface area (Å²) in [6.45, 7) is 19.5. The molecule has 0 saturated heterocycles. The Balaban J connectivity index is 1.35. The lowest BCUT2D eigenvalue weighted by Crippen LogP contribution is -2.46. The first kappa shape index (κ1) is 36.5. The smallest absolute Gasteiger partial charge is 0.410 e. The number of aromatic nitrogens is 4. The van der Waals surface area contributed by atoms with Crippen molar-refractivity contribution in [2.45, 2.75) is 104 Å². The molecule has 4 heterocycles. The average molecular weight is 710 g/mol. The van der Waals surface area contributed by atoms with Gasteiger partial charge in [-0.3, -0.25) is 14.5 Å². The summed E-state index contributed by atoms with van der Waals surface area (Å²) in [7, 11) is -1.27. The molecule has 0 radical (unpaired) electrons. The van der Waals surface area contributed by atoms with Gasteiger partial charge in [-0.15, -0.1) is 0 Å². The minimum Gasteiger partial charge on any atom is -0.444 e. The van der Waals surface area contributed by atoms with Crippen molar-refractivity contribution in [2.24, 2.45) is 0 Å². The van der Waals surface area contributed by atoms with Gasteiger partial charge in [0, 0.05) is 50.6 Å². The van der Waals surface area contributed by atoms with Crippen LogP contribution < -0.4 is 4.90 Å². The SMILES string of the molecule is CC1C(=O)N(COCC[Si](C)(C)C)c2ncnc(-n3cc4c(n3)CN(C(=O)[C@H](CN(C(=O)OC(C)(C)C)C(C)C)c3ccc(Cl)cc3)C4)c21. The number of hydrogen-bond donors (Lipinski definition) is 0. The standard InChI is InChI=1S/C35H48ClN7O5Si/c1-22(2)41(34(46)48-35(4,5)6)18-27(24-10-12-26(36)13-11-24)33(45)40-16-25-17-43(39-28(25)19-40)31-29-23(3)32(44)42(30(29)37-20-38-31)21-47-14-15-49(7,8)9/h10-13,17,20,22-23,27H,14-16,18-19,21H2,1-9H3/t23?,27-/m1/s1. The summed E-state index contributed by atoms with van der Waals surface area (Å²) in [5, 5.41) is 5.39. The molecular formula is C35H48ClN7O5Si. The highest BCUT2D eigenvalue weighted by molar-refractivity contribution is 6.76. The minimum atomic E-state index is -1.27. The molecular weight excluding hydrogens is 662 g/mol.